The van der Waals surface area contributed by atoms with E-state index in [1.165, 1.54) is 16.8 Å². The van der Waals surface area contributed by atoms with Crippen LogP contribution in [0.4, 0.5) is 0 Å². The van der Waals surface area contributed by atoms with Gasteiger partial charge >= 0.3 is 0 Å². The van der Waals surface area contributed by atoms with Crippen LogP contribution in [0.15, 0.2) is 35.3 Å². The maximum atomic E-state index is 4.52. The zero-order valence-corrected chi connectivity index (χ0v) is 22.0. The molecule has 0 radical (unpaired) electrons. The van der Waals surface area contributed by atoms with Gasteiger partial charge in [-0.25, -0.2) is 0 Å². The largest absolute Gasteiger partial charge is 0.355 e. The first-order valence-electron chi connectivity index (χ1n) is 10.4. The van der Waals surface area contributed by atoms with Crippen molar-refractivity contribution in [2.75, 3.05) is 13.6 Å². The minimum absolute atomic E-state index is 0. The molecule has 1 aromatic carbocycles. The fraction of sp³-hybridized carbons (Fsp3) is 0.565. The highest BCUT2D eigenvalue weighted by Crippen LogP contribution is 2.16. The van der Waals surface area contributed by atoms with Crippen LogP contribution in [0.1, 0.15) is 56.3 Å². The van der Waals surface area contributed by atoms with Crippen LogP contribution in [0.25, 0.3) is 0 Å². The van der Waals surface area contributed by atoms with Crippen molar-refractivity contribution in [3.05, 3.63) is 52.8 Å². The molecule has 0 saturated carbocycles. The number of guanidine groups is 1. The number of hydrogen-bond donors (Lipinski definition) is 3. The molecule has 0 aliphatic rings. The van der Waals surface area contributed by atoms with Crippen LogP contribution in [0, 0.1) is 13.8 Å². The monoisotopic (exact) mass is 526 g/mol. The summed E-state index contributed by atoms with van der Waals surface area (Å²) in [6.07, 6.45) is 0.916. The first-order valence-corrected chi connectivity index (χ1v) is 10.4. The van der Waals surface area contributed by atoms with Gasteiger partial charge < -0.3 is 16.0 Å². The number of halogens is 1. The van der Waals surface area contributed by atoms with Gasteiger partial charge in [-0.2, -0.15) is 5.10 Å². The van der Waals surface area contributed by atoms with E-state index in [0.29, 0.717) is 0 Å². The third-order valence-corrected chi connectivity index (χ3v) is 5.38. The molecule has 1 heterocycles. The molecule has 0 spiro atoms. The molecule has 2 atom stereocenters. The zero-order valence-electron chi connectivity index (χ0n) is 19.7. The SMILES string of the molecule is CN=C(NCC(C)(C)NC(C)c1ccccc1)NC(C)Cc1c(C)nn(C)c1C.I. The van der Waals surface area contributed by atoms with Crippen molar-refractivity contribution in [2.45, 2.75) is 65.6 Å². The predicted molar refractivity (Wildman–Crippen MR) is 138 cm³/mol. The highest BCUT2D eigenvalue weighted by Gasteiger charge is 2.21. The van der Waals surface area contributed by atoms with Gasteiger partial charge in [0.1, 0.15) is 0 Å². The highest BCUT2D eigenvalue weighted by atomic mass is 127. The van der Waals surface area contributed by atoms with E-state index >= 15 is 0 Å². The van der Waals surface area contributed by atoms with Crippen LogP contribution in [0.3, 0.4) is 0 Å². The summed E-state index contributed by atoms with van der Waals surface area (Å²) in [5.74, 6) is 0.818. The number of benzene rings is 1. The second-order valence-electron chi connectivity index (χ2n) is 8.61. The molecule has 0 bridgehead atoms. The predicted octanol–water partition coefficient (Wildman–Crippen LogP) is 3.88. The molecule has 2 aromatic rings. The summed E-state index contributed by atoms with van der Waals surface area (Å²) in [7, 11) is 3.81. The lowest BCUT2D eigenvalue weighted by molar-refractivity contribution is 0.344. The Hall–Kier alpha value is -1.61. The Morgan fingerprint density at radius 1 is 1.17 bits per heavy atom. The van der Waals surface area contributed by atoms with E-state index in [4.69, 9.17) is 0 Å². The Labute approximate surface area is 199 Å². The molecule has 0 amide bonds. The van der Waals surface area contributed by atoms with Crippen molar-refractivity contribution in [1.82, 2.24) is 25.7 Å². The Morgan fingerprint density at radius 3 is 2.33 bits per heavy atom. The number of aryl methyl sites for hydroxylation is 2. The van der Waals surface area contributed by atoms with E-state index < -0.39 is 0 Å². The lowest BCUT2D eigenvalue weighted by Gasteiger charge is -2.32. The van der Waals surface area contributed by atoms with Crippen LogP contribution >= 0.6 is 24.0 Å². The van der Waals surface area contributed by atoms with E-state index in [9.17, 15) is 0 Å². The van der Waals surface area contributed by atoms with E-state index in [2.05, 4.69) is 91.8 Å². The minimum atomic E-state index is -0.0906. The van der Waals surface area contributed by atoms with Crippen molar-refractivity contribution < 1.29 is 0 Å². The summed E-state index contributed by atoms with van der Waals surface area (Å²) >= 11 is 0. The zero-order chi connectivity index (χ0) is 21.6. The number of hydrogen-bond acceptors (Lipinski definition) is 3. The van der Waals surface area contributed by atoms with Gasteiger partial charge in [-0.15, -0.1) is 24.0 Å². The molecular weight excluding hydrogens is 487 g/mol. The minimum Gasteiger partial charge on any atom is -0.355 e. The average molecular weight is 527 g/mol. The second-order valence-corrected chi connectivity index (χ2v) is 8.61. The van der Waals surface area contributed by atoms with Crippen molar-refractivity contribution in [3.63, 3.8) is 0 Å². The summed E-state index contributed by atoms with van der Waals surface area (Å²) in [4.78, 5) is 4.41. The maximum absolute atomic E-state index is 4.52. The van der Waals surface area contributed by atoms with Crippen molar-refractivity contribution in [2.24, 2.45) is 12.0 Å². The second kappa shape index (κ2) is 11.7. The van der Waals surface area contributed by atoms with Gasteiger partial charge in [0.15, 0.2) is 5.96 Å². The van der Waals surface area contributed by atoms with E-state index in [-0.39, 0.29) is 41.6 Å². The van der Waals surface area contributed by atoms with Crippen molar-refractivity contribution in [1.29, 1.82) is 0 Å². The topological polar surface area (TPSA) is 66.3 Å². The first kappa shape index (κ1) is 26.4. The van der Waals surface area contributed by atoms with Crippen molar-refractivity contribution >= 4 is 29.9 Å². The molecule has 30 heavy (non-hydrogen) atoms. The van der Waals surface area contributed by atoms with Crippen LogP contribution in [-0.2, 0) is 13.5 Å². The molecule has 0 aliphatic carbocycles. The average Bonchev–Trinajstić information content (AvgIpc) is 2.91. The van der Waals surface area contributed by atoms with Crippen LogP contribution in [0.5, 0.6) is 0 Å². The fourth-order valence-electron chi connectivity index (χ4n) is 3.67. The molecule has 1 aromatic heterocycles. The van der Waals surface area contributed by atoms with E-state index in [1.807, 2.05) is 24.8 Å². The van der Waals surface area contributed by atoms with Gasteiger partial charge in [-0.3, -0.25) is 9.67 Å². The molecule has 168 valence electrons. The number of nitrogens with zero attached hydrogens (tertiary/aromatic N) is 3. The van der Waals surface area contributed by atoms with Crippen LogP contribution in [0.2, 0.25) is 0 Å². The van der Waals surface area contributed by atoms with Gasteiger partial charge in [0, 0.05) is 44.0 Å². The van der Waals surface area contributed by atoms with Gasteiger partial charge in [-0.05, 0) is 59.1 Å². The lowest BCUT2D eigenvalue weighted by atomic mass is 10.0. The number of nitrogens with one attached hydrogen (secondary N) is 3. The Balaban J connectivity index is 0.00000450. The van der Waals surface area contributed by atoms with Crippen LogP contribution in [-0.4, -0.2) is 40.9 Å². The molecule has 6 nitrogen and oxygen atoms in total. The Morgan fingerprint density at radius 2 is 1.80 bits per heavy atom. The number of aliphatic imine (C=N–C) groups is 1. The Kier molecular flexibility index (Phi) is 10.3. The molecule has 2 unspecified atom stereocenters. The molecule has 0 aliphatic heterocycles. The van der Waals surface area contributed by atoms with Gasteiger partial charge in [0.25, 0.3) is 0 Å². The summed E-state index contributed by atoms with van der Waals surface area (Å²) in [6, 6.07) is 11.1. The smallest absolute Gasteiger partial charge is 0.191 e. The fourth-order valence-corrected chi connectivity index (χ4v) is 3.67. The maximum Gasteiger partial charge on any atom is 0.191 e. The van der Waals surface area contributed by atoms with Crippen LogP contribution < -0.4 is 16.0 Å². The lowest BCUT2D eigenvalue weighted by Crippen LogP contribution is -2.53. The number of aromatic nitrogens is 2. The summed E-state index contributed by atoms with van der Waals surface area (Å²) in [6.45, 7) is 13.8. The third kappa shape index (κ3) is 7.58. The van der Waals surface area contributed by atoms with Gasteiger partial charge in [0.2, 0.25) is 0 Å². The number of rotatable bonds is 8. The van der Waals surface area contributed by atoms with E-state index in [0.717, 1.165) is 24.6 Å². The first-order chi connectivity index (χ1) is 13.6. The Bertz CT molecular complexity index is 813. The normalized spacial score (nSPS) is 14.1. The quantitative estimate of drug-likeness (QED) is 0.278. The summed E-state index contributed by atoms with van der Waals surface area (Å²) < 4.78 is 1.95. The molecular formula is C23H39IN6. The molecule has 0 saturated heterocycles. The standard InChI is InChI=1S/C23H38N6.HI/c1-16(14-21-18(3)28-29(8)19(21)4)26-22(24-7)25-15-23(5,6)27-17(2)20-12-10-9-11-13-20;/h9-13,16-17,27H,14-15H2,1-8H3,(H2,24,25,26);1H. The van der Waals surface area contributed by atoms with E-state index in [1.54, 1.807) is 0 Å². The molecule has 2 rings (SSSR count). The van der Waals surface area contributed by atoms with Gasteiger partial charge in [0.05, 0.1) is 5.69 Å². The molecule has 0 fully saturated rings. The van der Waals surface area contributed by atoms with Crippen molar-refractivity contribution in [3.8, 4) is 0 Å². The molecule has 7 heteroatoms. The van der Waals surface area contributed by atoms with Gasteiger partial charge in [-0.1, -0.05) is 30.3 Å². The third-order valence-electron chi connectivity index (χ3n) is 5.38. The molecule has 3 N–H and O–H groups in total. The summed E-state index contributed by atoms with van der Waals surface area (Å²) in [5.41, 5.74) is 4.83. The highest BCUT2D eigenvalue weighted by molar-refractivity contribution is 14.0. The summed E-state index contributed by atoms with van der Waals surface area (Å²) in [5, 5.41) is 15.2.